The summed E-state index contributed by atoms with van der Waals surface area (Å²) in [7, 11) is 4.20. The lowest BCUT2D eigenvalue weighted by atomic mass is 10.0. The van der Waals surface area contributed by atoms with E-state index in [0.29, 0.717) is 6.04 Å². The van der Waals surface area contributed by atoms with Crippen LogP contribution in [0, 0.1) is 13.8 Å². The van der Waals surface area contributed by atoms with Crippen molar-refractivity contribution in [2.24, 2.45) is 0 Å². The molecule has 1 N–H and O–H groups in total. The van der Waals surface area contributed by atoms with Crippen LogP contribution in [0.4, 0.5) is 5.13 Å². The summed E-state index contributed by atoms with van der Waals surface area (Å²) >= 11 is 1.59. The highest BCUT2D eigenvalue weighted by atomic mass is 32.1. The minimum Gasteiger partial charge on any atom is -0.358 e. The van der Waals surface area contributed by atoms with Crippen molar-refractivity contribution in [2.75, 3.05) is 26.0 Å². The Bertz CT molecular complexity index is 536. The lowest BCUT2D eigenvalue weighted by Crippen LogP contribution is -2.27. The van der Waals surface area contributed by atoms with Gasteiger partial charge in [-0.1, -0.05) is 35.6 Å². The molecule has 2 aromatic rings. The zero-order valence-electron chi connectivity index (χ0n) is 11.8. The fraction of sp³-hybridized carbons (Fsp3) is 0.429. The van der Waals surface area contributed by atoms with Gasteiger partial charge in [-0.05, 0) is 39.1 Å². The van der Waals surface area contributed by atoms with Crippen LogP contribution in [-0.2, 0) is 0 Å². The summed E-state index contributed by atoms with van der Waals surface area (Å²) < 4.78 is 0. The molecule has 0 aliphatic carbocycles. The van der Waals surface area contributed by atoms with Crippen molar-refractivity contribution in [1.29, 1.82) is 0 Å². The molecule has 0 bridgehead atoms. The highest BCUT2D eigenvalue weighted by Gasteiger charge is 2.16. The molecule has 0 saturated heterocycles. The molecule has 0 spiro atoms. The van der Waals surface area contributed by atoms with Crippen LogP contribution >= 0.6 is 11.3 Å². The molecule has 0 aliphatic rings. The highest BCUT2D eigenvalue weighted by Crippen LogP contribution is 2.23. The number of anilines is 1. The van der Waals surface area contributed by atoms with Crippen LogP contribution in [0.1, 0.15) is 22.2 Å². The van der Waals surface area contributed by atoms with Gasteiger partial charge in [-0.15, -0.1) is 10.2 Å². The lowest BCUT2D eigenvalue weighted by molar-refractivity contribution is 0.311. The van der Waals surface area contributed by atoms with Gasteiger partial charge in [-0.2, -0.15) is 0 Å². The fourth-order valence-electron chi connectivity index (χ4n) is 2.08. The van der Waals surface area contributed by atoms with Gasteiger partial charge in [0.15, 0.2) is 0 Å². The quantitative estimate of drug-likeness (QED) is 0.911. The van der Waals surface area contributed by atoms with Crippen molar-refractivity contribution < 1.29 is 0 Å². The molecule has 2 rings (SSSR count). The van der Waals surface area contributed by atoms with Crippen molar-refractivity contribution in [3.05, 3.63) is 40.4 Å². The summed E-state index contributed by atoms with van der Waals surface area (Å²) in [5.74, 6) is 0. The van der Waals surface area contributed by atoms with Crippen molar-refractivity contribution in [3.63, 3.8) is 0 Å². The van der Waals surface area contributed by atoms with E-state index < -0.39 is 0 Å². The maximum absolute atomic E-state index is 4.10. The number of rotatable bonds is 5. The van der Waals surface area contributed by atoms with Gasteiger partial charge in [0.05, 0.1) is 6.04 Å². The molecule has 4 nitrogen and oxygen atoms in total. The van der Waals surface area contributed by atoms with E-state index in [2.05, 4.69) is 65.7 Å². The Morgan fingerprint density at radius 2 is 1.95 bits per heavy atom. The molecule has 0 saturated carbocycles. The highest BCUT2D eigenvalue weighted by molar-refractivity contribution is 7.15. The van der Waals surface area contributed by atoms with Gasteiger partial charge in [0, 0.05) is 6.54 Å². The SMILES string of the molecule is Cc1nnc(NCC(c2ccccc2C)N(C)C)s1. The number of hydrogen-bond acceptors (Lipinski definition) is 5. The van der Waals surface area contributed by atoms with E-state index in [1.165, 1.54) is 11.1 Å². The van der Waals surface area contributed by atoms with Crippen LogP contribution in [0.5, 0.6) is 0 Å². The van der Waals surface area contributed by atoms with Gasteiger partial charge in [0.25, 0.3) is 0 Å². The predicted molar refractivity (Wildman–Crippen MR) is 80.7 cm³/mol. The molecule has 102 valence electrons. The normalized spacial score (nSPS) is 12.7. The molecule has 0 radical (unpaired) electrons. The average molecular weight is 276 g/mol. The van der Waals surface area contributed by atoms with E-state index >= 15 is 0 Å². The summed E-state index contributed by atoms with van der Waals surface area (Å²) in [6.45, 7) is 4.95. The van der Waals surface area contributed by atoms with Crippen LogP contribution in [0.15, 0.2) is 24.3 Å². The monoisotopic (exact) mass is 276 g/mol. The third-order valence-corrected chi connectivity index (χ3v) is 3.94. The Labute approximate surface area is 118 Å². The first kappa shape index (κ1) is 14.0. The molecule has 1 aromatic heterocycles. The summed E-state index contributed by atoms with van der Waals surface area (Å²) in [6.07, 6.45) is 0. The summed E-state index contributed by atoms with van der Waals surface area (Å²) in [4.78, 5) is 2.23. The summed E-state index contributed by atoms with van der Waals surface area (Å²) in [5, 5.41) is 13.4. The number of aromatic nitrogens is 2. The molecule has 19 heavy (non-hydrogen) atoms. The Hall–Kier alpha value is -1.46. The maximum Gasteiger partial charge on any atom is 0.205 e. The first-order valence-corrected chi connectivity index (χ1v) is 7.15. The lowest BCUT2D eigenvalue weighted by Gasteiger charge is -2.26. The van der Waals surface area contributed by atoms with E-state index in [9.17, 15) is 0 Å². The molecular weight excluding hydrogens is 256 g/mol. The largest absolute Gasteiger partial charge is 0.358 e. The van der Waals surface area contributed by atoms with Crippen LogP contribution in [0.3, 0.4) is 0 Å². The second kappa shape index (κ2) is 6.12. The van der Waals surface area contributed by atoms with Crippen LogP contribution in [0.25, 0.3) is 0 Å². The van der Waals surface area contributed by atoms with Crippen molar-refractivity contribution in [2.45, 2.75) is 19.9 Å². The van der Waals surface area contributed by atoms with Crippen molar-refractivity contribution in [3.8, 4) is 0 Å². The Morgan fingerprint density at radius 1 is 1.21 bits per heavy atom. The number of nitrogens with one attached hydrogen (secondary N) is 1. The number of aryl methyl sites for hydroxylation is 2. The summed E-state index contributed by atoms with van der Waals surface area (Å²) in [5.41, 5.74) is 2.66. The van der Waals surface area contributed by atoms with E-state index in [0.717, 1.165) is 16.7 Å². The second-order valence-electron chi connectivity index (χ2n) is 4.84. The number of nitrogens with zero attached hydrogens (tertiary/aromatic N) is 3. The van der Waals surface area contributed by atoms with E-state index in [1.54, 1.807) is 11.3 Å². The van der Waals surface area contributed by atoms with Crippen LogP contribution in [-0.4, -0.2) is 35.7 Å². The first-order valence-electron chi connectivity index (χ1n) is 6.34. The van der Waals surface area contributed by atoms with Crippen molar-refractivity contribution in [1.82, 2.24) is 15.1 Å². The van der Waals surface area contributed by atoms with E-state index in [4.69, 9.17) is 0 Å². The van der Waals surface area contributed by atoms with Gasteiger partial charge in [-0.3, -0.25) is 0 Å². The van der Waals surface area contributed by atoms with Gasteiger partial charge in [0.1, 0.15) is 5.01 Å². The number of benzene rings is 1. The molecular formula is C14H20N4S. The molecule has 0 fully saturated rings. The Morgan fingerprint density at radius 3 is 2.53 bits per heavy atom. The standard InChI is InChI=1S/C14H20N4S/c1-10-7-5-6-8-12(10)13(18(3)4)9-15-14-17-16-11(2)19-14/h5-8,13H,9H2,1-4H3,(H,15,17). The zero-order valence-corrected chi connectivity index (χ0v) is 12.7. The van der Waals surface area contributed by atoms with Gasteiger partial charge in [-0.25, -0.2) is 0 Å². The molecule has 5 heteroatoms. The topological polar surface area (TPSA) is 41.1 Å². The minimum absolute atomic E-state index is 0.324. The van der Waals surface area contributed by atoms with Crippen LogP contribution < -0.4 is 5.32 Å². The smallest absolute Gasteiger partial charge is 0.205 e. The van der Waals surface area contributed by atoms with Gasteiger partial charge in [0.2, 0.25) is 5.13 Å². The maximum atomic E-state index is 4.10. The van der Waals surface area contributed by atoms with Gasteiger partial charge >= 0.3 is 0 Å². The first-order chi connectivity index (χ1) is 9.08. The second-order valence-corrected chi connectivity index (χ2v) is 6.02. The van der Waals surface area contributed by atoms with E-state index in [1.807, 2.05) is 6.92 Å². The third-order valence-electron chi connectivity index (χ3n) is 3.14. The number of hydrogen-bond donors (Lipinski definition) is 1. The Balaban J connectivity index is 2.11. The number of likely N-dealkylation sites (N-methyl/N-ethyl adjacent to an activating group) is 1. The molecule has 1 aromatic carbocycles. The molecule has 1 atom stereocenters. The third kappa shape index (κ3) is 3.52. The molecule has 1 unspecified atom stereocenters. The fourth-order valence-corrected chi connectivity index (χ4v) is 2.68. The Kier molecular flexibility index (Phi) is 4.50. The molecule has 1 heterocycles. The van der Waals surface area contributed by atoms with Crippen molar-refractivity contribution >= 4 is 16.5 Å². The zero-order chi connectivity index (χ0) is 13.8. The summed E-state index contributed by atoms with van der Waals surface area (Å²) in [6, 6.07) is 8.83. The van der Waals surface area contributed by atoms with Crippen LogP contribution in [0.2, 0.25) is 0 Å². The molecule has 0 aliphatic heterocycles. The molecule has 0 amide bonds. The van der Waals surface area contributed by atoms with E-state index in [-0.39, 0.29) is 0 Å². The van der Waals surface area contributed by atoms with Gasteiger partial charge < -0.3 is 10.2 Å². The predicted octanol–water partition coefficient (Wildman–Crippen LogP) is 2.87. The average Bonchev–Trinajstić information content (AvgIpc) is 2.77. The minimum atomic E-state index is 0.324.